The first-order valence-electron chi connectivity index (χ1n) is 6.98. The average molecular weight is 317 g/mol. The zero-order valence-electron chi connectivity index (χ0n) is 13.1. The molecule has 22 heavy (non-hydrogen) atoms. The first kappa shape index (κ1) is 16.3. The Morgan fingerprint density at radius 2 is 2.05 bits per heavy atom. The van der Waals surface area contributed by atoms with Crippen molar-refractivity contribution < 1.29 is 4.79 Å². The Kier molecular flexibility index (Phi) is 5.03. The molecule has 0 aliphatic heterocycles. The minimum Gasteiger partial charge on any atom is -0.325 e. The lowest BCUT2D eigenvalue weighted by atomic mass is 10.1. The number of carbonyl (C=O) groups is 1. The smallest absolute Gasteiger partial charge is 0.251 e. The molecule has 1 aromatic carbocycles. The van der Waals surface area contributed by atoms with Crippen LogP contribution in [0.3, 0.4) is 0 Å². The normalized spacial score (nSPS) is 12.0. The van der Waals surface area contributed by atoms with Crippen molar-refractivity contribution in [3.05, 3.63) is 51.4 Å². The number of nitrogens with one attached hydrogen (secondary N) is 2. The van der Waals surface area contributed by atoms with Gasteiger partial charge >= 0.3 is 0 Å². The third kappa shape index (κ3) is 3.98. The minimum atomic E-state index is -0.370. The van der Waals surface area contributed by atoms with Gasteiger partial charge in [-0.25, -0.2) is 4.98 Å². The molecule has 2 aromatic rings. The fourth-order valence-electron chi connectivity index (χ4n) is 1.95. The maximum atomic E-state index is 12.3. The van der Waals surface area contributed by atoms with E-state index >= 15 is 0 Å². The quantitative estimate of drug-likeness (QED) is 0.671. The van der Waals surface area contributed by atoms with E-state index in [1.807, 2.05) is 32.0 Å². The summed E-state index contributed by atoms with van der Waals surface area (Å²) >= 11 is 1.23. The Morgan fingerprint density at radius 3 is 2.73 bits per heavy atom. The molecule has 0 fully saturated rings. The number of nitrogens with zero attached hydrogens (tertiary/aromatic N) is 1. The summed E-state index contributed by atoms with van der Waals surface area (Å²) in [7, 11) is 0. The topological polar surface area (TPSA) is 74.8 Å². The number of aromatic amines is 1. The second-order valence-corrected chi connectivity index (χ2v) is 6.52. The summed E-state index contributed by atoms with van der Waals surface area (Å²) in [5.74, 6) is -0.122. The molecule has 116 valence electrons. The van der Waals surface area contributed by atoms with Crippen LogP contribution in [-0.2, 0) is 4.79 Å². The highest BCUT2D eigenvalue weighted by Gasteiger charge is 2.17. The van der Waals surface area contributed by atoms with E-state index in [1.165, 1.54) is 17.8 Å². The van der Waals surface area contributed by atoms with Gasteiger partial charge in [-0.3, -0.25) is 9.59 Å². The van der Waals surface area contributed by atoms with Gasteiger partial charge in [0.1, 0.15) is 0 Å². The fourth-order valence-corrected chi connectivity index (χ4v) is 2.81. The number of benzene rings is 1. The number of hydrogen-bond donors (Lipinski definition) is 2. The molecule has 1 atom stereocenters. The SMILES string of the molecule is Cc1cc(=O)[nH]c(S[C@@H](C)C(=O)Nc2cccc(C)c2C)n1. The van der Waals surface area contributed by atoms with Crippen molar-refractivity contribution in [1.82, 2.24) is 9.97 Å². The van der Waals surface area contributed by atoms with Crippen LogP contribution in [0.1, 0.15) is 23.7 Å². The molecular formula is C16H19N3O2S. The van der Waals surface area contributed by atoms with Crippen LogP contribution in [0, 0.1) is 20.8 Å². The molecule has 0 aliphatic carbocycles. The van der Waals surface area contributed by atoms with Crippen molar-refractivity contribution in [2.75, 3.05) is 5.32 Å². The first-order chi connectivity index (χ1) is 10.4. The van der Waals surface area contributed by atoms with Crippen LogP contribution in [0.25, 0.3) is 0 Å². The van der Waals surface area contributed by atoms with Gasteiger partial charge < -0.3 is 10.3 Å². The third-order valence-corrected chi connectivity index (χ3v) is 4.35. The first-order valence-corrected chi connectivity index (χ1v) is 7.86. The van der Waals surface area contributed by atoms with Crippen molar-refractivity contribution >= 4 is 23.4 Å². The Balaban J connectivity index is 2.09. The third-order valence-electron chi connectivity index (χ3n) is 3.37. The van der Waals surface area contributed by atoms with E-state index in [9.17, 15) is 9.59 Å². The molecule has 6 heteroatoms. The second-order valence-electron chi connectivity index (χ2n) is 5.19. The average Bonchev–Trinajstić information content (AvgIpc) is 2.42. The molecule has 0 spiro atoms. The van der Waals surface area contributed by atoms with Gasteiger partial charge in [-0.2, -0.15) is 0 Å². The molecule has 5 nitrogen and oxygen atoms in total. The highest BCUT2D eigenvalue weighted by atomic mass is 32.2. The van der Waals surface area contributed by atoms with Crippen LogP contribution in [0.4, 0.5) is 5.69 Å². The molecule has 2 N–H and O–H groups in total. The van der Waals surface area contributed by atoms with Crippen molar-refractivity contribution in [2.45, 2.75) is 38.1 Å². The molecule has 2 rings (SSSR count). The van der Waals surface area contributed by atoms with E-state index in [4.69, 9.17) is 0 Å². The number of hydrogen-bond acceptors (Lipinski definition) is 4. The van der Waals surface area contributed by atoms with E-state index < -0.39 is 0 Å². The van der Waals surface area contributed by atoms with Gasteiger partial charge in [0, 0.05) is 17.4 Å². The van der Waals surface area contributed by atoms with Crippen LogP contribution in [-0.4, -0.2) is 21.1 Å². The number of carbonyl (C=O) groups excluding carboxylic acids is 1. The molecular weight excluding hydrogens is 298 g/mol. The minimum absolute atomic E-state index is 0.122. The van der Waals surface area contributed by atoms with Crippen LogP contribution in [0.5, 0.6) is 0 Å². The highest BCUT2D eigenvalue weighted by Crippen LogP contribution is 2.22. The molecule has 0 radical (unpaired) electrons. The lowest BCUT2D eigenvalue weighted by Crippen LogP contribution is -2.23. The Hall–Kier alpha value is -2.08. The van der Waals surface area contributed by atoms with Gasteiger partial charge in [0.25, 0.3) is 5.56 Å². The van der Waals surface area contributed by atoms with E-state index in [0.29, 0.717) is 10.9 Å². The number of amides is 1. The molecule has 0 saturated heterocycles. The molecule has 1 amide bonds. The van der Waals surface area contributed by atoms with Crippen molar-refractivity contribution in [3.8, 4) is 0 Å². The number of H-pyrrole nitrogens is 1. The van der Waals surface area contributed by atoms with Crippen LogP contribution < -0.4 is 10.9 Å². The van der Waals surface area contributed by atoms with Crippen LogP contribution in [0.2, 0.25) is 0 Å². The lowest BCUT2D eigenvalue weighted by molar-refractivity contribution is -0.115. The standard InChI is InChI=1S/C16H19N3O2S/c1-9-6-5-7-13(11(9)3)18-15(21)12(4)22-16-17-10(2)8-14(20)19-16/h5-8,12H,1-4H3,(H,18,21)(H,17,19,20)/t12-/m0/s1. The van der Waals surface area contributed by atoms with E-state index in [2.05, 4.69) is 15.3 Å². The van der Waals surface area contributed by atoms with E-state index in [-0.39, 0.29) is 16.7 Å². The summed E-state index contributed by atoms with van der Waals surface area (Å²) < 4.78 is 0. The molecule has 1 heterocycles. The van der Waals surface area contributed by atoms with Crippen LogP contribution in [0.15, 0.2) is 34.2 Å². The predicted octanol–water partition coefficient (Wildman–Crippen LogP) is 2.81. The van der Waals surface area contributed by atoms with Gasteiger partial charge in [0.05, 0.1) is 5.25 Å². The summed E-state index contributed by atoms with van der Waals surface area (Å²) in [4.78, 5) is 30.6. The Bertz CT molecular complexity index is 755. The predicted molar refractivity (Wildman–Crippen MR) is 89.5 cm³/mol. The number of aryl methyl sites for hydroxylation is 2. The van der Waals surface area contributed by atoms with Gasteiger partial charge in [0.2, 0.25) is 5.91 Å². The van der Waals surface area contributed by atoms with Gasteiger partial charge in [0.15, 0.2) is 5.16 Å². The number of aromatic nitrogens is 2. The molecule has 0 bridgehead atoms. The highest BCUT2D eigenvalue weighted by molar-refractivity contribution is 8.00. The number of rotatable bonds is 4. The molecule has 1 aromatic heterocycles. The summed E-state index contributed by atoms with van der Waals surface area (Å²) in [6.45, 7) is 7.51. The number of anilines is 1. The Morgan fingerprint density at radius 1 is 1.32 bits per heavy atom. The summed E-state index contributed by atoms with van der Waals surface area (Å²) in [6.07, 6.45) is 0. The molecule has 0 unspecified atom stereocenters. The second kappa shape index (κ2) is 6.79. The molecule has 0 aliphatic rings. The fraction of sp³-hybridized carbons (Fsp3) is 0.312. The summed E-state index contributed by atoms with van der Waals surface area (Å²) in [5.41, 5.74) is 3.41. The summed E-state index contributed by atoms with van der Waals surface area (Å²) in [5, 5.41) is 3.00. The zero-order chi connectivity index (χ0) is 16.3. The van der Waals surface area contributed by atoms with Gasteiger partial charge in [-0.15, -0.1) is 0 Å². The lowest BCUT2D eigenvalue weighted by Gasteiger charge is -2.14. The van der Waals surface area contributed by atoms with Crippen molar-refractivity contribution in [2.24, 2.45) is 0 Å². The maximum Gasteiger partial charge on any atom is 0.251 e. The Labute approximate surface area is 133 Å². The number of thioether (sulfide) groups is 1. The van der Waals surface area contributed by atoms with Crippen LogP contribution >= 0.6 is 11.8 Å². The monoisotopic (exact) mass is 317 g/mol. The van der Waals surface area contributed by atoms with Gasteiger partial charge in [-0.05, 0) is 44.9 Å². The van der Waals surface area contributed by atoms with E-state index in [0.717, 1.165) is 16.8 Å². The maximum absolute atomic E-state index is 12.3. The van der Waals surface area contributed by atoms with Crippen molar-refractivity contribution in [1.29, 1.82) is 0 Å². The van der Waals surface area contributed by atoms with E-state index in [1.54, 1.807) is 13.8 Å². The van der Waals surface area contributed by atoms with Gasteiger partial charge in [-0.1, -0.05) is 23.9 Å². The largest absolute Gasteiger partial charge is 0.325 e. The zero-order valence-corrected chi connectivity index (χ0v) is 13.9. The van der Waals surface area contributed by atoms with Crippen molar-refractivity contribution in [3.63, 3.8) is 0 Å². The molecule has 0 saturated carbocycles. The summed E-state index contributed by atoms with van der Waals surface area (Å²) in [6, 6.07) is 7.22.